The van der Waals surface area contributed by atoms with Crippen molar-refractivity contribution in [3.05, 3.63) is 29.8 Å². The van der Waals surface area contributed by atoms with Gasteiger partial charge in [0.25, 0.3) is 0 Å². The van der Waals surface area contributed by atoms with Crippen LogP contribution in [0, 0.1) is 12.3 Å². The molecule has 74 valence electrons. The van der Waals surface area contributed by atoms with E-state index in [9.17, 15) is 0 Å². The summed E-state index contributed by atoms with van der Waals surface area (Å²) in [5.74, 6) is 2.62. The number of terminal acetylenes is 1. The van der Waals surface area contributed by atoms with Crippen LogP contribution in [-0.4, -0.2) is 18.2 Å². The van der Waals surface area contributed by atoms with Gasteiger partial charge >= 0.3 is 0 Å². The molecule has 0 aliphatic carbocycles. The third-order valence-corrected chi connectivity index (χ3v) is 2.15. The minimum absolute atomic E-state index is 0.0849. The van der Waals surface area contributed by atoms with Crippen LogP contribution in [0.5, 0.6) is 0 Å². The van der Waals surface area contributed by atoms with Crippen LogP contribution in [0.1, 0.15) is 12.5 Å². The van der Waals surface area contributed by atoms with Crippen LogP contribution in [0.3, 0.4) is 0 Å². The Bertz CT molecular complexity index is 310. The fourth-order valence-electron chi connectivity index (χ4n) is 1.31. The molecule has 0 aliphatic rings. The molecule has 2 heteroatoms. The zero-order chi connectivity index (χ0) is 10.4. The first-order valence-corrected chi connectivity index (χ1v) is 4.70. The summed E-state index contributed by atoms with van der Waals surface area (Å²) in [6.45, 7) is 3.66. The van der Waals surface area contributed by atoms with E-state index in [2.05, 4.69) is 17.7 Å². The van der Waals surface area contributed by atoms with Crippen molar-refractivity contribution in [2.45, 2.75) is 13.5 Å². The maximum absolute atomic E-state index is 8.88. The Hall–Kier alpha value is -1.46. The lowest BCUT2D eigenvalue weighted by molar-refractivity contribution is 0.282. The molecule has 0 amide bonds. The maximum atomic E-state index is 8.88. The summed E-state index contributed by atoms with van der Waals surface area (Å²) in [5, 5.41) is 8.88. The van der Waals surface area contributed by atoms with Crippen LogP contribution >= 0.6 is 0 Å². The number of aliphatic hydroxyl groups is 1. The van der Waals surface area contributed by atoms with E-state index in [1.54, 1.807) is 0 Å². The van der Waals surface area contributed by atoms with Gasteiger partial charge < -0.3 is 10.0 Å². The number of nitrogens with zero attached hydrogens (tertiary/aromatic N) is 1. The lowest BCUT2D eigenvalue weighted by Crippen LogP contribution is -2.22. The SMILES string of the molecule is C#CCN(CC)c1ccc(CO)cc1. The van der Waals surface area contributed by atoms with Crippen molar-refractivity contribution >= 4 is 5.69 Å². The fourth-order valence-corrected chi connectivity index (χ4v) is 1.31. The lowest BCUT2D eigenvalue weighted by Gasteiger charge is -2.20. The van der Waals surface area contributed by atoms with Gasteiger partial charge in [-0.15, -0.1) is 6.42 Å². The molecule has 14 heavy (non-hydrogen) atoms. The smallest absolute Gasteiger partial charge is 0.0791 e. The molecule has 0 radical (unpaired) electrons. The molecule has 0 unspecified atom stereocenters. The van der Waals surface area contributed by atoms with Gasteiger partial charge in [-0.1, -0.05) is 18.1 Å². The molecule has 1 aromatic carbocycles. The van der Waals surface area contributed by atoms with E-state index >= 15 is 0 Å². The van der Waals surface area contributed by atoms with E-state index in [-0.39, 0.29) is 6.61 Å². The van der Waals surface area contributed by atoms with E-state index in [0.29, 0.717) is 6.54 Å². The molecule has 1 aromatic rings. The molecule has 0 spiro atoms. The van der Waals surface area contributed by atoms with Gasteiger partial charge in [0.1, 0.15) is 0 Å². The Morgan fingerprint density at radius 1 is 1.36 bits per heavy atom. The average molecular weight is 189 g/mol. The minimum Gasteiger partial charge on any atom is -0.392 e. The molecule has 0 heterocycles. The Labute approximate surface area is 85.2 Å². The number of hydrogen-bond acceptors (Lipinski definition) is 2. The maximum Gasteiger partial charge on any atom is 0.0791 e. The van der Waals surface area contributed by atoms with Gasteiger partial charge in [-0.05, 0) is 24.6 Å². The van der Waals surface area contributed by atoms with Crippen LogP contribution in [0.15, 0.2) is 24.3 Å². The summed E-state index contributed by atoms with van der Waals surface area (Å²) < 4.78 is 0. The second-order valence-electron chi connectivity index (χ2n) is 3.04. The normalized spacial score (nSPS) is 9.50. The van der Waals surface area contributed by atoms with E-state index in [1.165, 1.54) is 0 Å². The zero-order valence-corrected chi connectivity index (χ0v) is 8.40. The molecule has 1 rings (SSSR count). The molecule has 0 bridgehead atoms. The van der Waals surface area contributed by atoms with Crippen LogP contribution < -0.4 is 4.90 Å². The van der Waals surface area contributed by atoms with Crippen molar-refractivity contribution in [3.8, 4) is 12.3 Å². The second-order valence-corrected chi connectivity index (χ2v) is 3.04. The Morgan fingerprint density at radius 3 is 2.43 bits per heavy atom. The number of hydrogen-bond donors (Lipinski definition) is 1. The predicted octanol–water partition coefficient (Wildman–Crippen LogP) is 1.64. The third kappa shape index (κ3) is 2.51. The first-order chi connectivity index (χ1) is 6.81. The van der Waals surface area contributed by atoms with Crippen molar-refractivity contribution < 1.29 is 5.11 Å². The van der Waals surface area contributed by atoms with Crippen molar-refractivity contribution in [3.63, 3.8) is 0 Å². The van der Waals surface area contributed by atoms with Crippen molar-refractivity contribution in [1.82, 2.24) is 0 Å². The summed E-state index contributed by atoms with van der Waals surface area (Å²) in [4.78, 5) is 2.10. The van der Waals surface area contributed by atoms with Gasteiger partial charge in [0.05, 0.1) is 13.2 Å². The molecule has 0 saturated carbocycles. The van der Waals surface area contributed by atoms with Crippen LogP contribution in [0.4, 0.5) is 5.69 Å². The fraction of sp³-hybridized carbons (Fsp3) is 0.333. The average Bonchev–Trinajstić information content (AvgIpc) is 2.26. The van der Waals surface area contributed by atoms with Crippen molar-refractivity contribution in [2.75, 3.05) is 18.0 Å². The number of rotatable bonds is 4. The number of benzene rings is 1. The van der Waals surface area contributed by atoms with E-state index in [0.717, 1.165) is 17.8 Å². The molecule has 0 aromatic heterocycles. The number of aliphatic hydroxyl groups excluding tert-OH is 1. The van der Waals surface area contributed by atoms with Crippen molar-refractivity contribution in [2.24, 2.45) is 0 Å². The van der Waals surface area contributed by atoms with Gasteiger partial charge in [0.15, 0.2) is 0 Å². The highest BCUT2D eigenvalue weighted by Gasteiger charge is 2.01. The Balaban J connectivity index is 2.79. The van der Waals surface area contributed by atoms with E-state index < -0.39 is 0 Å². The highest BCUT2D eigenvalue weighted by molar-refractivity contribution is 5.48. The molecule has 0 fully saturated rings. The molecule has 1 N–H and O–H groups in total. The first kappa shape index (κ1) is 10.6. The Morgan fingerprint density at radius 2 is 2.00 bits per heavy atom. The summed E-state index contributed by atoms with van der Waals surface area (Å²) in [6.07, 6.45) is 5.27. The Kier molecular flexibility index (Phi) is 4.03. The van der Waals surface area contributed by atoms with Crippen LogP contribution in [0.2, 0.25) is 0 Å². The molecule has 2 nitrogen and oxygen atoms in total. The largest absolute Gasteiger partial charge is 0.392 e. The highest BCUT2D eigenvalue weighted by atomic mass is 16.3. The molecular weight excluding hydrogens is 174 g/mol. The predicted molar refractivity (Wildman–Crippen MR) is 59.1 cm³/mol. The summed E-state index contributed by atoms with van der Waals surface area (Å²) in [5.41, 5.74) is 2.02. The highest BCUT2D eigenvalue weighted by Crippen LogP contribution is 2.14. The van der Waals surface area contributed by atoms with Crippen molar-refractivity contribution in [1.29, 1.82) is 0 Å². The zero-order valence-electron chi connectivity index (χ0n) is 8.40. The quantitative estimate of drug-likeness (QED) is 0.728. The summed E-state index contributed by atoms with van der Waals surface area (Å²) >= 11 is 0. The van der Waals surface area contributed by atoms with E-state index in [1.807, 2.05) is 24.3 Å². The first-order valence-electron chi connectivity index (χ1n) is 4.70. The van der Waals surface area contributed by atoms with Gasteiger partial charge in [0.2, 0.25) is 0 Å². The summed E-state index contributed by atoms with van der Waals surface area (Å²) in [7, 11) is 0. The van der Waals surface area contributed by atoms with Gasteiger partial charge in [-0.25, -0.2) is 0 Å². The number of anilines is 1. The molecule has 0 atom stereocenters. The monoisotopic (exact) mass is 189 g/mol. The third-order valence-electron chi connectivity index (χ3n) is 2.15. The molecular formula is C12H15NO. The molecule has 0 saturated heterocycles. The van der Waals surface area contributed by atoms with Gasteiger partial charge in [0, 0.05) is 12.2 Å². The van der Waals surface area contributed by atoms with Crippen LogP contribution in [-0.2, 0) is 6.61 Å². The lowest BCUT2D eigenvalue weighted by atomic mass is 10.2. The second kappa shape index (κ2) is 5.31. The van der Waals surface area contributed by atoms with Crippen LogP contribution in [0.25, 0.3) is 0 Å². The topological polar surface area (TPSA) is 23.5 Å². The van der Waals surface area contributed by atoms with Gasteiger partial charge in [-0.2, -0.15) is 0 Å². The van der Waals surface area contributed by atoms with Gasteiger partial charge in [-0.3, -0.25) is 0 Å². The molecule has 0 aliphatic heterocycles. The summed E-state index contributed by atoms with van der Waals surface area (Å²) in [6, 6.07) is 7.78. The van der Waals surface area contributed by atoms with E-state index in [4.69, 9.17) is 11.5 Å². The standard InChI is InChI=1S/C12H15NO/c1-3-9-13(4-2)12-7-5-11(10-14)6-8-12/h1,5-8,14H,4,9-10H2,2H3. The minimum atomic E-state index is 0.0849.